The van der Waals surface area contributed by atoms with E-state index in [-0.39, 0.29) is 12.1 Å². The zero-order valence-corrected chi connectivity index (χ0v) is 11.3. The molecule has 2 rings (SSSR count). The van der Waals surface area contributed by atoms with Crippen LogP contribution in [-0.2, 0) is 16.0 Å². The number of hydrogen-bond donors (Lipinski definition) is 0. The minimum absolute atomic E-state index is 0.0450. The highest BCUT2D eigenvalue weighted by Gasteiger charge is 2.20. The maximum Gasteiger partial charge on any atom is 0.310 e. The van der Waals surface area contributed by atoms with E-state index >= 15 is 0 Å². The highest BCUT2D eigenvalue weighted by atomic mass is 35.5. The molecule has 98 valence electrons. The van der Waals surface area contributed by atoms with Gasteiger partial charge < -0.3 is 9.64 Å². The van der Waals surface area contributed by atoms with Gasteiger partial charge in [-0.05, 0) is 44.1 Å². The van der Waals surface area contributed by atoms with Crippen molar-refractivity contribution in [3.63, 3.8) is 0 Å². The highest BCUT2D eigenvalue weighted by molar-refractivity contribution is 6.30. The fourth-order valence-corrected chi connectivity index (χ4v) is 2.34. The fraction of sp³-hybridized carbons (Fsp3) is 0.500. The molecule has 0 spiro atoms. The van der Waals surface area contributed by atoms with E-state index in [9.17, 15) is 4.79 Å². The number of esters is 1. The molecule has 1 unspecified atom stereocenters. The standard InChI is InChI=1S/C14H18ClNO2/c1-16-8-2-3-13(10-16)18-14(17)9-11-4-6-12(15)7-5-11/h4-7,13H,2-3,8-10H2,1H3. The molecule has 0 aliphatic carbocycles. The summed E-state index contributed by atoms with van der Waals surface area (Å²) >= 11 is 5.80. The van der Waals surface area contributed by atoms with Gasteiger partial charge in [-0.2, -0.15) is 0 Å². The quantitative estimate of drug-likeness (QED) is 0.788. The van der Waals surface area contributed by atoms with E-state index in [0.717, 1.165) is 31.5 Å². The number of carbonyl (C=O) groups is 1. The lowest BCUT2D eigenvalue weighted by Gasteiger charge is -2.29. The van der Waals surface area contributed by atoms with Gasteiger partial charge in [0.15, 0.2) is 0 Å². The summed E-state index contributed by atoms with van der Waals surface area (Å²) in [6.45, 7) is 1.93. The largest absolute Gasteiger partial charge is 0.461 e. The average molecular weight is 268 g/mol. The lowest BCUT2D eigenvalue weighted by atomic mass is 10.1. The van der Waals surface area contributed by atoms with Crippen molar-refractivity contribution in [1.82, 2.24) is 4.90 Å². The van der Waals surface area contributed by atoms with Crippen LogP contribution in [0.4, 0.5) is 0 Å². The SMILES string of the molecule is CN1CCCC(OC(=O)Cc2ccc(Cl)cc2)C1. The summed E-state index contributed by atoms with van der Waals surface area (Å²) in [6, 6.07) is 7.30. The predicted octanol–water partition coefficient (Wildman–Crippen LogP) is 2.52. The number of benzene rings is 1. The topological polar surface area (TPSA) is 29.5 Å². The van der Waals surface area contributed by atoms with E-state index in [1.807, 2.05) is 12.1 Å². The zero-order chi connectivity index (χ0) is 13.0. The Morgan fingerprint density at radius 2 is 2.17 bits per heavy atom. The van der Waals surface area contributed by atoms with Crippen molar-refractivity contribution >= 4 is 17.6 Å². The maximum absolute atomic E-state index is 11.8. The molecule has 1 aliphatic rings. The lowest BCUT2D eigenvalue weighted by Crippen LogP contribution is -2.38. The summed E-state index contributed by atoms with van der Waals surface area (Å²) in [4.78, 5) is 14.0. The normalized spacial score (nSPS) is 20.7. The van der Waals surface area contributed by atoms with Crippen LogP contribution in [0.1, 0.15) is 18.4 Å². The summed E-state index contributed by atoms with van der Waals surface area (Å²) in [5.74, 6) is -0.155. The molecular weight excluding hydrogens is 250 g/mol. The van der Waals surface area contributed by atoms with E-state index in [4.69, 9.17) is 16.3 Å². The Morgan fingerprint density at radius 1 is 1.44 bits per heavy atom. The first kappa shape index (κ1) is 13.4. The first-order chi connectivity index (χ1) is 8.63. The van der Waals surface area contributed by atoms with Gasteiger partial charge in [-0.1, -0.05) is 23.7 Å². The van der Waals surface area contributed by atoms with E-state index < -0.39 is 0 Å². The summed E-state index contributed by atoms with van der Waals surface area (Å²) in [5.41, 5.74) is 0.938. The Kier molecular flexibility index (Phi) is 4.61. The summed E-state index contributed by atoms with van der Waals surface area (Å²) in [7, 11) is 2.05. The molecule has 1 atom stereocenters. The van der Waals surface area contributed by atoms with Crippen LogP contribution in [0.5, 0.6) is 0 Å². The monoisotopic (exact) mass is 267 g/mol. The first-order valence-corrected chi connectivity index (χ1v) is 6.64. The van der Waals surface area contributed by atoms with Crippen molar-refractivity contribution in [3.05, 3.63) is 34.9 Å². The molecule has 1 saturated heterocycles. The third kappa shape index (κ3) is 4.00. The van der Waals surface area contributed by atoms with Crippen LogP contribution < -0.4 is 0 Å². The average Bonchev–Trinajstić information content (AvgIpc) is 2.32. The third-order valence-electron chi connectivity index (χ3n) is 3.14. The predicted molar refractivity (Wildman–Crippen MR) is 71.8 cm³/mol. The molecular formula is C14H18ClNO2. The molecule has 0 saturated carbocycles. The van der Waals surface area contributed by atoms with Gasteiger partial charge in [-0.15, -0.1) is 0 Å². The number of rotatable bonds is 3. The first-order valence-electron chi connectivity index (χ1n) is 6.26. The van der Waals surface area contributed by atoms with Crippen LogP contribution in [0.25, 0.3) is 0 Å². The minimum atomic E-state index is -0.155. The number of carbonyl (C=O) groups excluding carboxylic acids is 1. The fourth-order valence-electron chi connectivity index (χ4n) is 2.21. The molecule has 1 aromatic rings. The maximum atomic E-state index is 11.8. The molecule has 0 N–H and O–H groups in total. The minimum Gasteiger partial charge on any atom is -0.461 e. The van der Waals surface area contributed by atoms with Crippen molar-refractivity contribution in [1.29, 1.82) is 0 Å². The number of ether oxygens (including phenoxy) is 1. The summed E-state index contributed by atoms with van der Waals surface area (Å²) < 4.78 is 5.48. The molecule has 0 aromatic heterocycles. The zero-order valence-electron chi connectivity index (χ0n) is 10.6. The van der Waals surface area contributed by atoms with Crippen molar-refractivity contribution in [3.8, 4) is 0 Å². The number of likely N-dealkylation sites (tertiary alicyclic amines) is 1. The second-order valence-corrected chi connectivity index (χ2v) is 5.26. The number of halogens is 1. The Balaban J connectivity index is 1.83. The van der Waals surface area contributed by atoms with Crippen LogP contribution in [0.2, 0.25) is 5.02 Å². The van der Waals surface area contributed by atoms with Gasteiger partial charge in [-0.3, -0.25) is 4.79 Å². The molecule has 3 nitrogen and oxygen atoms in total. The van der Waals surface area contributed by atoms with Gasteiger partial charge in [0.2, 0.25) is 0 Å². The van der Waals surface area contributed by atoms with Gasteiger partial charge in [0.05, 0.1) is 6.42 Å². The molecule has 0 radical (unpaired) electrons. The summed E-state index contributed by atoms with van der Waals surface area (Å²) in [5, 5.41) is 0.682. The van der Waals surface area contributed by atoms with Crippen molar-refractivity contribution in [2.75, 3.05) is 20.1 Å². The van der Waals surface area contributed by atoms with E-state index in [1.165, 1.54) is 0 Å². The number of likely N-dealkylation sites (N-methyl/N-ethyl adjacent to an activating group) is 1. The molecule has 18 heavy (non-hydrogen) atoms. The smallest absolute Gasteiger partial charge is 0.310 e. The number of nitrogens with zero attached hydrogens (tertiary/aromatic N) is 1. The van der Waals surface area contributed by atoms with Crippen LogP contribution >= 0.6 is 11.6 Å². The van der Waals surface area contributed by atoms with Crippen molar-refractivity contribution in [2.45, 2.75) is 25.4 Å². The van der Waals surface area contributed by atoms with Gasteiger partial charge in [0.1, 0.15) is 6.10 Å². The van der Waals surface area contributed by atoms with Crippen molar-refractivity contribution in [2.24, 2.45) is 0 Å². The second-order valence-electron chi connectivity index (χ2n) is 4.82. The Labute approximate surface area is 113 Å². The number of hydrogen-bond acceptors (Lipinski definition) is 3. The molecule has 1 aromatic carbocycles. The molecule has 0 amide bonds. The van der Waals surface area contributed by atoms with Gasteiger partial charge in [0.25, 0.3) is 0 Å². The molecule has 1 fully saturated rings. The van der Waals surface area contributed by atoms with Crippen molar-refractivity contribution < 1.29 is 9.53 Å². The van der Waals surface area contributed by atoms with Gasteiger partial charge in [0, 0.05) is 11.6 Å². The molecule has 1 heterocycles. The second kappa shape index (κ2) is 6.21. The number of piperidine rings is 1. The van der Waals surface area contributed by atoms with Crippen LogP contribution in [0.3, 0.4) is 0 Å². The Morgan fingerprint density at radius 3 is 2.83 bits per heavy atom. The molecule has 1 aliphatic heterocycles. The van der Waals surface area contributed by atoms with Crippen LogP contribution in [-0.4, -0.2) is 37.1 Å². The van der Waals surface area contributed by atoms with Gasteiger partial charge in [-0.25, -0.2) is 0 Å². The van der Waals surface area contributed by atoms with Crippen LogP contribution in [0, 0.1) is 0 Å². The Hall–Kier alpha value is -1.06. The van der Waals surface area contributed by atoms with E-state index in [1.54, 1.807) is 12.1 Å². The third-order valence-corrected chi connectivity index (χ3v) is 3.39. The summed E-state index contributed by atoms with van der Waals surface area (Å²) in [6.07, 6.45) is 2.42. The highest BCUT2D eigenvalue weighted by Crippen LogP contribution is 2.14. The van der Waals surface area contributed by atoms with E-state index in [2.05, 4.69) is 11.9 Å². The lowest BCUT2D eigenvalue weighted by molar-refractivity contribution is -0.150. The Bertz CT molecular complexity index is 405. The van der Waals surface area contributed by atoms with Gasteiger partial charge >= 0.3 is 5.97 Å². The van der Waals surface area contributed by atoms with E-state index in [0.29, 0.717) is 11.4 Å². The molecule has 4 heteroatoms. The van der Waals surface area contributed by atoms with Crippen LogP contribution in [0.15, 0.2) is 24.3 Å². The molecule has 0 bridgehead atoms.